The van der Waals surface area contributed by atoms with Gasteiger partial charge < -0.3 is 19.5 Å². The molecule has 32 heavy (non-hydrogen) atoms. The van der Waals surface area contributed by atoms with Crippen LogP contribution >= 0.6 is 0 Å². The second kappa shape index (κ2) is 8.22. The van der Waals surface area contributed by atoms with Crippen molar-refractivity contribution < 1.29 is 18.3 Å². The van der Waals surface area contributed by atoms with Crippen LogP contribution in [0.3, 0.4) is 0 Å². The zero-order chi connectivity index (χ0) is 22.1. The summed E-state index contributed by atoms with van der Waals surface area (Å²) in [6.45, 7) is 1.09. The minimum atomic E-state index is -2.72. The highest BCUT2D eigenvalue weighted by atomic mass is 19.3. The number of halogens is 2. The summed E-state index contributed by atoms with van der Waals surface area (Å²) in [5.74, 6) is -1.59. The van der Waals surface area contributed by atoms with Gasteiger partial charge in [-0.25, -0.2) is 18.7 Å². The monoisotopic (exact) mass is 439 g/mol. The fraction of sp³-hybridized carbons (Fsp3) is 0.348. The third-order valence-electron chi connectivity index (χ3n) is 5.73. The Morgan fingerprint density at radius 3 is 2.88 bits per heavy atom. The quantitative estimate of drug-likeness (QED) is 0.615. The predicted octanol–water partition coefficient (Wildman–Crippen LogP) is 4.22. The number of hydrogen-bond acceptors (Lipinski definition) is 5. The second-order valence-corrected chi connectivity index (χ2v) is 8.07. The number of amides is 1. The number of hydrogen-bond donors (Lipinski definition) is 1. The van der Waals surface area contributed by atoms with Crippen LogP contribution in [0.15, 0.2) is 48.8 Å². The Morgan fingerprint density at radius 2 is 2.03 bits per heavy atom. The van der Waals surface area contributed by atoms with Gasteiger partial charge in [-0.05, 0) is 43.2 Å². The van der Waals surface area contributed by atoms with Crippen LogP contribution < -0.4 is 15.0 Å². The van der Waals surface area contributed by atoms with Crippen LogP contribution in [-0.4, -0.2) is 46.1 Å². The molecule has 9 heteroatoms. The maximum Gasteiger partial charge on any atom is 0.266 e. The molecule has 0 unspecified atom stereocenters. The summed E-state index contributed by atoms with van der Waals surface area (Å²) < 4.78 is 35.4. The number of pyridine rings is 1. The van der Waals surface area contributed by atoms with Crippen molar-refractivity contribution in [2.24, 2.45) is 0 Å². The molecule has 0 atom stereocenters. The molecule has 1 saturated heterocycles. The Hall–Kier alpha value is -3.49. The minimum Gasteiger partial charge on any atom is -0.493 e. The summed E-state index contributed by atoms with van der Waals surface area (Å²) in [5.41, 5.74) is 1.53. The first-order valence-corrected chi connectivity index (χ1v) is 10.7. The lowest BCUT2D eigenvalue weighted by molar-refractivity contribution is 0.0257. The molecular weight excluding hydrogens is 416 g/mol. The van der Waals surface area contributed by atoms with Crippen molar-refractivity contribution in [2.75, 3.05) is 29.9 Å². The fourth-order valence-electron chi connectivity index (χ4n) is 4.08. The molecule has 0 aliphatic carbocycles. The van der Waals surface area contributed by atoms with Gasteiger partial charge in [0, 0.05) is 37.6 Å². The summed E-state index contributed by atoms with van der Waals surface area (Å²) in [7, 11) is 0. The number of anilines is 2. The topological polar surface area (TPSA) is 72.3 Å². The normalized spacial score (nSPS) is 18.2. The fourth-order valence-corrected chi connectivity index (χ4v) is 4.08. The maximum atomic E-state index is 13.7. The van der Waals surface area contributed by atoms with E-state index < -0.39 is 11.8 Å². The van der Waals surface area contributed by atoms with E-state index >= 15 is 0 Å². The molecule has 5 rings (SSSR count). The van der Waals surface area contributed by atoms with E-state index in [4.69, 9.17) is 4.74 Å². The van der Waals surface area contributed by atoms with E-state index in [2.05, 4.69) is 15.3 Å². The van der Waals surface area contributed by atoms with Gasteiger partial charge in [-0.2, -0.15) is 0 Å². The standard InChI is InChI=1S/C23H23F2N5O2/c24-23(25)8-11-30(15-23)16-6-7-19-17(14-16)22(31)28-20-5-3-4-18(27-20)21-26-9-12-29(21)10-1-2-13-32-19/h3-7,9,12,14H,1-2,8,10-11,13,15H2,(H,27,28,31). The molecule has 0 saturated carbocycles. The van der Waals surface area contributed by atoms with Crippen molar-refractivity contribution in [1.82, 2.24) is 14.5 Å². The Bertz CT molecular complexity index is 1150. The zero-order valence-electron chi connectivity index (χ0n) is 17.4. The van der Waals surface area contributed by atoms with E-state index in [9.17, 15) is 13.6 Å². The summed E-state index contributed by atoms with van der Waals surface area (Å²) in [6.07, 6.45) is 5.10. The van der Waals surface area contributed by atoms with Crippen molar-refractivity contribution in [3.8, 4) is 17.3 Å². The Kier molecular flexibility index (Phi) is 5.24. The van der Waals surface area contributed by atoms with Gasteiger partial charge in [0.15, 0.2) is 5.82 Å². The van der Waals surface area contributed by atoms with Crippen LogP contribution in [0.25, 0.3) is 11.5 Å². The van der Waals surface area contributed by atoms with E-state index in [1.807, 2.05) is 22.9 Å². The van der Waals surface area contributed by atoms with E-state index in [1.54, 1.807) is 35.4 Å². The Balaban J connectivity index is 1.49. The minimum absolute atomic E-state index is 0.195. The van der Waals surface area contributed by atoms with Crippen LogP contribution in [-0.2, 0) is 6.54 Å². The molecule has 1 amide bonds. The second-order valence-electron chi connectivity index (χ2n) is 8.07. The van der Waals surface area contributed by atoms with Gasteiger partial charge in [0.1, 0.15) is 17.3 Å². The van der Waals surface area contributed by atoms with Crippen molar-refractivity contribution in [1.29, 1.82) is 0 Å². The largest absolute Gasteiger partial charge is 0.493 e. The molecule has 2 aliphatic heterocycles. The molecule has 1 fully saturated rings. The number of aromatic nitrogens is 3. The van der Waals surface area contributed by atoms with Gasteiger partial charge in [0.05, 0.1) is 18.7 Å². The molecule has 1 aromatic carbocycles. The van der Waals surface area contributed by atoms with Crippen LogP contribution in [0.2, 0.25) is 0 Å². The number of alkyl halides is 2. The molecule has 0 spiro atoms. The lowest BCUT2D eigenvalue weighted by Gasteiger charge is -2.20. The van der Waals surface area contributed by atoms with Crippen molar-refractivity contribution in [3.63, 3.8) is 0 Å². The maximum absolute atomic E-state index is 13.7. The summed E-state index contributed by atoms with van der Waals surface area (Å²) in [6, 6.07) is 10.4. The summed E-state index contributed by atoms with van der Waals surface area (Å²) >= 11 is 0. The Morgan fingerprint density at radius 1 is 1.12 bits per heavy atom. The molecule has 3 aromatic rings. The van der Waals surface area contributed by atoms with E-state index in [1.165, 1.54) is 0 Å². The average Bonchev–Trinajstić information content (AvgIpc) is 3.39. The molecule has 2 aliphatic rings. The molecule has 1 N–H and O–H groups in total. The van der Waals surface area contributed by atoms with Gasteiger partial charge in [-0.15, -0.1) is 0 Å². The van der Waals surface area contributed by atoms with E-state index in [-0.39, 0.29) is 19.5 Å². The highest BCUT2D eigenvalue weighted by molar-refractivity contribution is 6.06. The van der Waals surface area contributed by atoms with Crippen LogP contribution in [0.4, 0.5) is 20.3 Å². The summed E-state index contributed by atoms with van der Waals surface area (Å²) in [4.78, 5) is 23.7. The number of aryl methyl sites for hydroxylation is 1. The summed E-state index contributed by atoms with van der Waals surface area (Å²) in [5, 5.41) is 2.82. The average molecular weight is 439 g/mol. The number of nitrogens with zero attached hydrogens (tertiary/aromatic N) is 4. The van der Waals surface area contributed by atoms with E-state index in [0.29, 0.717) is 35.1 Å². The van der Waals surface area contributed by atoms with Gasteiger partial charge >= 0.3 is 0 Å². The van der Waals surface area contributed by atoms with Crippen molar-refractivity contribution >= 4 is 17.4 Å². The molecule has 166 valence electrons. The molecule has 2 aromatic heterocycles. The number of fused-ring (bicyclic) bond motifs is 5. The SMILES string of the molecule is O=C1Nc2cccc(n2)-c2nccn2CCCCOc2ccc(N3CCC(F)(F)C3)cc21. The smallest absolute Gasteiger partial charge is 0.266 e. The first-order valence-electron chi connectivity index (χ1n) is 10.7. The van der Waals surface area contributed by atoms with Gasteiger partial charge in [0.25, 0.3) is 11.8 Å². The highest BCUT2D eigenvalue weighted by Crippen LogP contribution is 2.33. The number of nitrogens with one attached hydrogen (secondary N) is 1. The molecule has 2 bridgehead atoms. The zero-order valence-corrected chi connectivity index (χ0v) is 17.4. The van der Waals surface area contributed by atoms with Gasteiger partial charge in [-0.3, -0.25) is 4.79 Å². The third-order valence-corrected chi connectivity index (χ3v) is 5.73. The highest BCUT2D eigenvalue weighted by Gasteiger charge is 2.38. The first kappa shape index (κ1) is 20.4. The molecular formula is C23H23F2N5O2. The van der Waals surface area contributed by atoms with E-state index in [0.717, 1.165) is 25.2 Å². The van der Waals surface area contributed by atoms with Crippen LogP contribution in [0, 0.1) is 0 Å². The number of ether oxygens (including phenoxy) is 1. The predicted molar refractivity (Wildman–Crippen MR) is 116 cm³/mol. The number of carbonyl (C=O) groups excluding carboxylic acids is 1. The third kappa shape index (κ3) is 4.15. The van der Waals surface area contributed by atoms with Gasteiger partial charge in [0.2, 0.25) is 0 Å². The molecule has 7 nitrogen and oxygen atoms in total. The lowest BCUT2D eigenvalue weighted by Crippen LogP contribution is -2.25. The van der Waals surface area contributed by atoms with Crippen LogP contribution in [0.1, 0.15) is 29.6 Å². The van der Waals surface area contributed by atoms with Crippen molar-refractivity contribution in [3.05, 3.63) is 54.4 Å². The van der Waals surface area contributed by atoms with Crippen molar-refractivity contribution in [2.45, 2.75) is 31.7 Å². The Labute approximate surface area is 184 Å². The molecule has 4 heterocycles. The first-order chi connectivity index (χ1) is 15.5. The van der Waals surface area contributed by atoms with Gasteiger partial charge in [-0.1, -0.05) is 6.07 Å². The number of benzene rings is 1. The van der Waals surface area contributed by atoms with Crippen LogP contribution in [0.5, 0.6) is 5.75 Å². The molecule has 0 radical (unpaired) electrons. The number of carbonyl (C=O) groups is 1. The number of imidazole rings is 1. The number of rotatable bonds is 1. The lowest BCUT2D eigenvalue weighted by atomic mass is 10.1.